The highest BCUT2D eigenvalue weighted by atomic mass is 31.1. The molecule has 0 unspecified atom stereocenters. The van der Waals surface area contributed by atoms with Crippen molar-refractivity contribution in [1.29, 1.82) is 0 Å². The average molecular weight is 465 g/mol. The number of hydrogen-bond acceptors (Lipinski definition) is 5. The molecule has 0 aromatic carbocycles. The third-order valence-electron chi connectivity index (χ3n) is 5.92. The van der Waals surface area contributed by atoms with Crippen LogP contribution in [0.1, 0.15) is 51.4 Å². The summed E-state index contributed by atoms with van der Waals surface area (Å²) in [6.07, 6.45) is -8.85. The molecular formula is C18H24F6O5P+. The molecule has 2 fully saturated rings. The molecule has 0 amide bonds. The van der Waals surface area contributed by atoms with E-state index in [2.05, 4.69) is 0 Å². The summed E-state index contributed by atoms with van der Waals surface area (Å²) in [5.74, 6) is -4.98. The van der Waals surface area contributed by atoms with Crippen molar-refractivity contribution in [1.82, 2.24) is 0 Å². The van der Waals surface area contributed by atoms with E-state index in [1.54, 1.807) is 0 Å². The van der Waals surface area contributed by atoms with Gasteiger partial charge in [0, 0.05) is 16.4 Å². The fourth-order valence-electron chi connectivity index (χ4n) is 3.99. The summed E-state index contributed by atoms with van der Waals surface area (Å²) in [4.78, 5) is 24.0. The lowest BCUT2D eigenvalue weighted by Crippen LogP contribution is -2.31. The second kappa shape index (κ2) is 10.5. The SMILES string of the molecule is O=C(CO[P+](=O)OCC(=O)C1CCC(C(F)(F)F)CC1)C1CCC(C(F)(F)F)CC1. The van der Waals surface area contributed by atoms with Crippen molar-refractivity contribution >= 4 is 19.8 Å². The number of carbonyl (C=O) groups excluding carboxylic acids is 2. The third-order valence-corrected chi connectivity index (χ3v) is 6.60. The van der Waals surface area contributed by atoms with Gasteiger partial charge in [-0.3, -0.25) is 9.59 Å². The van der Waals surface area contributed by atoms with Crippen LogP contribution in [0.15, 0.2) is 0 Å². The minimum atomic E-state index is -4.28. The highest BCUT2D eigenvalue weighted by molar-refractivity contribution is 7.33. The molecule has 0 aliphatic heterocycles. The van der Waals surface area contributed by atoms with E-state index in [4.69, 9.17) is 9.05 Å². The molecule has 2 rings (SSSR count). The fraction of sp³-hybridized carbons (Fsp3) is 0.889. The molecule has 2 saturated carbocycles. The molecule has 2 aliphatic carbocycles. The van der Waals surface area contributed by atoms with Gasteiger partial charge in [-0.2, -0.15) is 26.3 Å². The first-order valence-electron chi connectivity index (χ1n) is 9.80. The zero-order valence-electron chi connectivity index (χ0n) is 16.1. The number of alkyl halides is 6. The number of ketones is 2. The molecule has 30 heavy (non-hydrogen) atoms. The second-order valence-electron chi connectivity index (χ2n) is 7.88. The molecule has 0 bridgehead atoms. The zero-order valence-corrected chi connectivity index (χ0v) is 17.0. The predicted octanol–water partition coefficient (Wildman–Crippen LogP) is 5.55. The van der Waals surface area contributed by atoms with Gasteiger partial charge in [0.05, 0.1) is 11.8 Å². The standard InChI is InChI=1S/C18H24F6O5P/c19-17(20,21)13-5-1-11(2-6-13)15(25)9-28-30(27)29-10-16(26)12-3-7-14(8-4-12)18(22,23)24/h11-14H,1-10H2/q+1. The first-order valence-corrected chi connectivity index (χ1v) is 10.9. The molecule has 0 atom stereocenters. The molecule has 0 heterocycles. The number of hydrogen-bond donors (Lipinski definition) is 0. The highest BCUT2D eigenvalue weighted by Crippen LogP contribution is 2.41. The van der Waals surface area contributed by atoms with E-state index < -0.39 is 69.1 Å². The van der Waals surface area contributed by atoms with Crippen LogP contribution in [-0.4, -0.2) is 37.1 Å². The Morgan fingerprint density at radius 3 is 1.23 bits per heavy atom. The molecule has 12 heteroatoms. The Balaban J connectivity index is 1.63. The smallest absolute Gasteiger partial charge is 0.297 e. The number of carbonyl (C=O) groups is 2. The van der Waals surface area contributed by atoms with Gasteiger partial charge in [0.1, 0.15) is 0 Å². The molecule has 0 aromatic rings. The van der Waals surface area contributed by atoms with Crippen molar-refractivity contribution in [2.75, 3.05) is 13.2 Å². The van der Waals surface area contributed by atoms with Gasteiger partial charge in [-0.05, 0) is 51.4 Å². The summed E-state index contributed by atoms with van der Waals surface area (Å²) >= 11 is 0. The quantitative estimate of drug-likeness (QED) is 0.347. The summed E-state index contributed by atoms with van der Waals surface area (Å²) in [6, 6.07) is 0. The molecule has 0 N–H and O–H groups in total. The second-order valence-corrected chi connectivity index (χ2v) is 8.85. The van der Waals surface area contributed by atoms with Crippen LogP contribution in [0.3, 0.4) is 0 Å². The average Bonchev–Trinajstić information content (AvgIpc) is 2.69. The molecule has 0 aromatic heterocycles. The van der Waals surface area contributed by atoms with Gasteiger partial charge in [0.25, 0.3) is 0 Å². The first kappa shape index (κ1) is 25.2. The molecule has 2 aliphatic rings. The van der Waals surface area contributed by atoms with Crippen LogP contribution in [0.25, 0.3) is 0 Å². The Labute approximate surface area is 170 Å². The van der Waals surface area contributed by atoms with Crippen molar-refractivity contribution in [3.63, 3.8) is 0 Å². The minimum absolute atomic E-state index is 0.0725. The molecule has 0 saturated heterocycles. The van der Waals surface area contributed by atoms with Gasteiger partial charge in [-0.25, -0.2) is 0 Å². The minimum Gasteiger partial charge on any atom is -0.297 e. The van der Waals surface area contributed by atoms with E-state index in [0.717, 1.165) is 0 Å². The Hall–Kier alpha value is -1.06. The van der Waals surface area contributed by atoms with E-state index in [1.165, 1.54) is 0 Å². The molecule has 0 spiro atoms. The van der Waals surface area contributed by atoms with E-state index in [-0.39, 0.29) is 51.4 Å². The van der Waals surface area contributed by atoms with Crippen LogP contribution in [0, 0.1) is 23.7 Å². The summed E-state index contributed by atoms with van der Waals surface area (Å²) in [5.41, 5.74) is 0. The Morgan fingerprint density at radius 1 is 0.667 bits per heavy atom. The van der Waals surface area contributed by atoms with Crippen LogP contribution in [0.5, 0.6) is 0 Å². The monoisotopic (exact) mass is 465 g/mol. The van der Waals surface area contributed by atoms with Crippen molar-refractivity contribution in [3.8, 4) is 0 Å². The lowest BCUT2D eigenvalue weighted by atomic mass is 9.80. The van der Waals surface area contributed by atoms with Gasteiger partial charge in [0.15, 0.2) is 24.8 Å². The summed E-state index contributed by atoms with van der Waals surface area (Å²) < 4.78 is 97.0. The van der Waals surface area contributed by atoms with Gasteiger partial charge < -0.3 is 0 Å². The van der Waals surface area contributed by atoms with E-state index in [0.29, 0.717) is 0 Å². The number of halogens is 6. The summed E-state index contributed by atoms with van der Waals surface area (Å²) in [7, 11) is -2.79. The highest BCUT2D eigenvalue weighted by Gasteiger charge is 2.44. The fourth-order valence-corrected chi connectivity index (χ4v) is 4.53. The first-order chi connectivity index (χ1) is 13.9. The lowest BCUT2D eigenvalue weighted by molar-refractivity contribution is -0.185. The number of Topliss-reactive ketones (excluding diaryl/α,β-unsaturated/α-hetero) is 2. The van der Waals surface area contributed by atoms with Crippen molar-refractivity contribution < 1.29 is 49.5 Å². The maximum atomic E-state index is 12.6. The Bertz CT molecular complexity index is 568. The number of rotatable bonds is 8. The molecular weight excluding hydrogens is 441 g/mol. The predicted molar refractivity (Wildman–Crippen MR) is 92.5 cm³/mol. The van der Waals surface area contributed by atoms with Gasteiger partial charge in [-0.15, -0.1) is 9.05 Å². The van der Waals surface area contributed by atoms with E-state index >= 15 is 0 Å². The Morgan fingerprint density at radius 2 is 0.967 bits per heavy atom. The van der Waals surface area contributed by atoms with Gasteiger partial charge >= 0.3 is 20.6 Å². The van der Waals surface area contributed by atoms with Crippen LogP contribution < -0.4 is 0 Å². The van der Waals surface area contributed by atoms with Gasteiger partial charge in [0.2, 0.25) is 0 Å². The van der Waals surface area contributed by atoms with Gasteiger partial charge in [-0.1, -0.05) is 0 Å². The molecule has 0 radical (unpaired) electrons. The normalized spacial score (nSPS) is 28.8. The van der Waals surface area contributed by atoms with Crippen LogP contribution in [0.2, 0.25) is 0 Å². The molecule has 5 nitrogen and oxygen atoms in total. The topological polar surface area (TPSA) is 69.7 Å². The third kappa shape index (κ3) is 7.57. The maximum Gasteiger partial charge on any atom is 0.698 e. The van der Waals surface area contributed by atoms with Crippen molar-refractivity contribution in [2.45, 2.75) is 63.7 Å². The largest absolute Gasteiger partial charge is 0.698 e. The van der Waals surface area contributed by atoms with Crippen LogP contribution in [0.4, 0.5) is 26.3 Å². The van der Waals surface area contributed by atoms with Crippen molar-refractivity contribution in [2.24, 2.45) is 23.7 Å². The lowest BCUT2D eigenvalue weighted by Gasteiger charge is -2.28. The molecule has 172 valence electrons. The summed E-state index contributed by atoms with van der Waals surface area (Å²) in [6.45, 7) is -1.19. The van der Waals surface area contributed by atoms with Crippen LogP contribution >= 0.6 is 8.25 Å². The zero-order chi connectivity index (χ0) is 22.5. The maximum absolute atomic E-state index is 12.6. The van der Waals surface area contributed by atoms with E-state index in [1.807, 2.05) is 0 Å². The van der Waals surface area contributed by atoms with Crippen LogP contribution in [-0.2, 0) is 23.2 Å². The van der Waals surface area contributed by atoms with E-state index in [9.17, 15) is 40.5 Å². The summed E-state index contributed by atoms with van der Waals surface area (Å²) in [5, 5.41) is 0. The van der Waals surface area contributed by atoms with Crippen molar-refractivity contribution in [3.05, 3.63) is 0 Å². The Kier molecular flexibility index (Phi) is 8.82.